The quantitative estimate of drug-likeness (QED) is 0.219. The molecular formula is C44H70N4O10. The maximum Gasteiger partial charge on any atom is 0.302 e. The van der Waals surface area contributed by atoms with Crippen molar-refractivity contribution < 1.29 is 49.0 Å². The molecule has 3 aliphatic heterocycles. The molecule has 0 aliphatic carbocycles. The Bertz CT molecular complexity index is 1630. The Kier molecular flexibility index (Phi) is 18.4. The molecule has 0 aromatic heterocycles. The van der Waals surface area contributed by atoms with Gasteiger partial charge in [-0.05, 0) is 58.4 Å². The van der Waals surface area contributed by atoms with Crippen molar-refractivity contribution in [2.75, 3.05) is 40.9 Å². The molecule has 0 aromatic carbocycles. The summed E-state index contributed by atoms with van der Waals surface area (Å²) in [7, 11) is 5.53. The monoisotopic (exact) mass is 815 g/mol. The molecule has 14 heteroatoms. The zero-order valence-corrected chi connectivity index (χ0v) is 36.4. The Balaban J connectivity index is 2.28. The van der Waals surface area contributed by atoms with E-state index < -0.39 is 78.5 Å². The summed E-state index contributed by atoms with van der Waals surface area (Å²) < 4.78 is 23.9. The lowest BCUT2D eigenvalue weighted by atomic mass is 9.78. The summed E-state index contributed by atoms with van der Waals surface area (Å²) in [5.41, 5.74) is 2.38. The Morgan fingerprint density at radius 3 is 2.38 bits per heavy atom. The van der Waals surface area contributed by atoms with Crippen LogP contribution in [0.4, 0.5) is 0 Å². The molecule has 1 unspecified atom stereocenters. The molecule has 2 bridgehead atoms. The van der Waals surface area contributed by atoms with Crippen LogP contribution in [0.2, 0.25) is 0 Å². The van der Waals surface area contributed by atoms with Gasteiger partial charge in [0, 0.05) is 74.9 Å². The van der Waals surface area contributed by atoms with E-state index in [4.69, 9.17) is 23.9 Å². The van der Waals surface area contributed by atoms with Gasteiger partial charge >= 0.3 is 5.97 Å². The number of aliphatic hydroxyl groups is 4. The number of hydrogen-bond acceptors (Lipinski definition) is 13. The molecule has 3 rings (SSSR count). The fraction of sp³-hybridized carbons (Fsp3) is 0.659. The van der Waals surface area contributed by atoms with Gasteiger partial charge in [-0.1, -0.05) is 59.4 Å². The lowest BCUT2D eigenvalue weighted by Crippen LogP contribution is -2.46. The largest absolute Gasteiger partial charge is 0.462 e. The van der Waals surface area contributed by atoms with Crippen LogP contribution in [0.1, 0.15) is 81.1 Å². The van der Waals surface area contributed by atoms with Crippen molar-refractivity contribution in [3.05, 3.63) is 71.0 Å². The van der Waals surface area contributed by atoms with E-state index in [0.29, 0.717) is 47.6 Å². The molecule has 6 N–H and O–H groups in total. The van der Waals surface area contributed by atoms with E-state index in [1.54, 1.807) is 52.0 Å². The molecule has 1 fully saturated rings. The highest BCUT2D eigenvalue weighted by atomic mass is 16.7. The van der Waals surface area contributed by atoms with Gasteiger partial charge in [0.15, 0.2) is 6.10 Å². The second-order valence-electron chi connectivity index (χ2n) is 16.3. The SMILES string of the molecule is C=C1O[C@]2(C)O/C=C/[C@H](OC)[C@@H](C)[C@@H](OC(C)=O)[C@H](C)[C@H](O)[C@H](C)[C@@H](O)[C@@H](C)/C=C/C=C(/C)C(=O)N/C(CO)=C3NC[C@@H](N(C)C)CCCC/N=C\3C(/CC)=C/1C2O. The number of fused-ring (bicyclic) bond motifs is 3. The van der Waals surface area contributed by atoms with Crippen molar-refractivity contribution in [2.45, 2.75) is 123 Å². The number of allylic oxidation sites excluding steroid dienone is 3. The summed E-state index contributed by atoms with van der Waals surface area (Å²) in [6.45, 7) is 18.2. The van der Waals surface area contributed by atoms with Gasteiger partial charge in [-0.15, -0.1) is 0 Å². The highest BCUT2D eigenvalue weighted by Gasteiger charge is 2.49. The summed E-state index contributed by atoms with van der Waals surface area (Å²) in [4.78, 5) is 33.3. The van der Waals surface area contributed by atoms with E-state index in [-0.39, 0.29) is 17.5 Å². The van der Waals surface area contributed by atoms with Crippen molar-refractivity contribution in [1.29, 1.82) is 0 Å². The average Bonchev–Trinajstić information content (AvgIpc) is 3.40. The summed E-state index contributed by atoms with van der Waals surface area (Å²) in [6, 6.07) is 0.140. The second-order valence-corrected chi connectivity index (χ2v) is 16.3. The molecule has 11 atom stereocenters. The third-order valence-corrected chi connectivity index (χ3v) is 11.8. The molecule has 0 saturated carbocycles. The first-order valence-corrected chi connectivity index (χ1v) is 20.5. The minimum absolute atomic E-state index is 0.140. The van der Waals surface area contributed by atoms with Crippen LogP contribution in [0.5, 0.6) is 0 Å². The maximum absolute atomic E-state index is 13.7. The van der Waals surface area contributed by atoms with Crippen LogP contribution in [-0.2, 0) is 28.5 Å². The third kappa shape index (κ3) is 11.9. The number of nitrogens with zero attached hydrogens (tertiary/aromatic N) is 2. The van der Waals surface area contributed by atoms with Crippen molar-refractivity contribution >= 4 is 17.6 Å². The standard InChI is InChI=1S/C44H70N4O10/c1-13-33-36-30(7)58-44(9,42(36)53)56-22-20-35(55-12)27(4)41(57-31(8)50)29(6)40(52)28(5)39(51)25(2)17-16-18-26(3)43(54)47-34(24-49)38-37(33)45-21-15-14-19-32(23-46-38)48(10)11/h16-18,20,22,25,27-29,32,35,39-42,46,49,51-53H,7,13-15,19,21,23-24H2,1-6,8-12H3,(H,47,54)/b17-16+,22-20+,26-18-,36-33-,38-34-,45-37-/t25-,27+,28+,29+,32-,35-,39-,40+,41+,42?,44-/m0/s1. The van der Waals surface area contributed by atoms with Crippen molar-refractivity contribution in [1.82, 2.24) is 15.5 Å². The zero-order valence-electron chi connectivity index (χ0n) is 36.4. The van der Waals surface area contributed by atoms with Crippen LogP contribution < -0.4 is 10.6 Å². The minimum atomic E-state index is -1.63. The average molecular weight is 815 g/mol. The Morgan fingerprint density at radius 1 is 1.09 bits per heavy atom. The molecule has 58 heavy (non-hydrogen) atoms. The number of aliphatic imine (C=N–C) groups is 1. The van der Waals surface area contributed by atoms with Crippen LogP contribution in [-0.4, -0.2) is 126 Å². The van der Waals surface area contributed by atoms with Crippen LogP contribution in [0.3, 0.4) is 0 Å². The number of hydrogen-bond donors (Lipinski definition) is 6. The molecule has 3 heterocycles. The van der Waals surface area contributed by atoms with Gasteiger partial charge in [0.05, 0.1) is 48.3 Å². The van der Waals surface area contributed by atoms with Crippen LogP contribution in [0, 0.1) is 23.7 Å². The predicted molar refractivity (Wildman–Crippen MR) is 224 cm³/mol. The normalized spacial score (nSPS) is 39.5. The molecule has 1 saturated heterocycles. The molecule has 14 nitrogen and oxygen atoms in total. The number of likely N-dealkylation sites (N-methyl/N-ethyl adjacent to an activating group) is 1. The molecule has 1 amide bonds. The van der Waals surface area contributed by atoms with Crippen LogP contribution in [0.15, 0.2) is 76.0 Å². The minimum Gasteiger partial charge on any atom is -0.462 e. The number of esters is 1. The summed E-state index contributed by atoms with van der Waals surface area (Å²) >= 11 is 0. The van der Waals surface area contributed by atoms with Crippen LogP contribution >= 0.6 is 0 Å². The highest BCUT2D eigenvalue weighted by Crippen LogP contribution is 2.41. The lowest BCUT2D eigenvalue weighted by molar-refractivity contribution is -0.189. The number of carbonyl (C=O) groups is 2. The molecule has 0 spiro atoms. The zero-order chi connectivity index (χ0) is 43.5. The van der Waals surface area contributed by atoms with Gasteiger partial charge in [-0.2, -0.15) is 0 Å². The van der Waals surface area contributed by atoms with Gasteiger partial charge in [0.25, 0.3) is 11.7 Å². The van der Waals surface area contributed by atoms with Gasteiger partial charge in [0.2, 0.25) is 0 Å². The van der Waals surface area contributed by atoms with Crippen molar-refractivity contribution in [2.24, 2.45) is 28.7 Å². The van der Waals surface area contributed by atoms with E-state index in [1.165, 1.54) is 20.3 Å². The molecule has 3 aliphatic rings. The smallest absolute Gasteiger partial charge is 0.302 e. The Hall–Kier alpha value is -3.79. The van der Waals surface area contributed by atoms with Gasteiger partial charge in [-0.3, -0.25) is 14.6 Å². The van der Waals surface area contributed by atoms with Crippen molar-refractivity contribution in [3.8, 4) is 0 Å². The highest BCUT2D eigenvalue weighted by molar-refractivity contribution is 6.14. The summed E-state index contributed by atoms with van der Waals surface area (Å²) in [5.74, 6) is -4.65. The van der Waals surface area contributed by atoms with E-state index in [2.05, 4.69) is 22.1 Å². The van der Waals surface area contributed by atoms with Gasteiger partial charge in [-0.25, -0.2) is 0 Å². The summed E-state index contributed by atoms with van der Waals surface area (Å²) in [5, 5.41) is 52.2. The number of amides is 1. The number of carbonyl (C=O) groups excluding carboxylic acids is 2. The topological polar surface area (TPSA) is 192 Å². The first-order valence-electron chi connectivity index (χ1n) is 20.5. The third-order valence-electron chi connectivity index (χ3n) is 11.8. The van der Waals surface area contributed by atoms with Crippen molar-refractivity contribution in [3.63, 3.8) is 0 Å². The van der Waals surface area contributed by atoms with E-state index >= 15 is 0 Å². The molecular weight excluding hydrogens is 745 g/mol. The van der Waals surface area contributed by atoms with E-state index in [0.717, 1.165) is 19.3 Å². The number of rotatable bonds is 5. The first-order chi connectivity index (χ1) is 27.3. The number of aliphatic hydroxyl groups excluding tert-OH is 4. The van der Waals surface area contributed by atoms with E-state index in [1.807, 2.05) is 34.9 Å². The van der Waals surface area contributed by atoms with Gasteiger partial charge < -0.3 is 54.9 Å². The van der Waals surface area contributed by atoms with E-state index in [9.17, 15) is 30.0 Å². The number of ether oxygens (including phenoxy) is 4. The molecule has 326 valence electrons. The fourth-order valence-electron chi connectivity index (χ4n) is 7.91. The van der Waals surface area contributed by atoms with Gasteiger partial charge in [0.1, 0.15) is 11.9 Å². The molecule has 0 aromatic rings. The summed E-state index contributed by atoms with van der Waals surface area (Å²) in [6.07, 6.45) is 6.14. The first kappa shape index (κ1) is 48.6. The predicted octanol–water partition coefficient (Wildman–Crippen LogP) is 4.04. The molecule has 0 radical (unpaired) electrons. The Labute approximate surface area is 345 Å². The second kappa shape index (κ2) is 22.0. The van der Waals surface area contributed by atoms with Crippen LogP contribution in [0.25, 0.3) is 0 Å². The fourth-order valence-corrected chi connectivity index (χ4v) is 7.91. The number of methoxy groups -OCH3 is 1. The Morgan fingerprint density at radius 2 is 1.78 bits per heavy atom. The lowest BCUT2D eigenvalue weighted by Gasteiger charge is -2.38. The maximum atomic E-state index is 13.7. The number of nitrogens with one attached hydrogen (secondary N) is 2.